The van der Waals surface area contributed by atoms with Crippen LogP contribution in [0.3, 0.4) is 0 Å². The fourth-order valence-corrected chi connectivity index (χ4v) is 6.37. The lowest BCUT2D eigenvalue weighted by Gasteiger charge is -2.12. The molecule has 4 heteroatoms. The first-order chi connectivity index (χ1) is 22.8. The summed E-state index contributed by atoms with van der Waals surface area (Å²) in [4.78, 5) is 20.1. The molecule has 8 aromatic rings. The largest absolute Gasteiger partial charge is 0.227 e. The van der Waals surface area contributed by atoms with E-state index in [0.717, 1.165) is 50.2 Å². The first-order valence-corrected chi connectivity index (χ1v) is 15.4. The molecule has 0 unspecified atom stereocenters. The zero-order valence-electron chi connectivity index (χ0n) is 24.8. The molecule has 0 radical (unpaired) electrons. The van der Waals surface area contributed by atoms with Crippen LogP contribution in [0.25, 0.3) is 89.7 Å². The van der Waals surface area contributed by atoms with Gasteiger partial charge in [0, 0.05) is 22.3 Å². The second-order valence-corrected chi connectivity index (χ2v) is 11.5. The van der Waals surface area contributed by atoms with Crippen LogP contribution >= 0.6 is 0 Å². The van der Waals surface area contributed by atoms with E-state index < -0.39 is 0 Å². The van der Waals surface area contributed by atoms with Crippen LogP contribution in [-0.4, -0.2) is 19.9 Å². The summed E-state index contributed by atoms with van der Waals surface area (Å²) in [6, 6.07) is 54.8. The van der Waals surface area contributed by atoms with Gasteiger partial charge in [0.25, 0.3) is 0 Å². The summed E-state index contributed by atoms with van der Waals surface area (Å²) in [5, 5.41) is 0.910. The van der Waals surface area contributed by atoms with Crippen molar-refractivity contribution in [1.29, 1.82) is 0 Å². The average Bonchev–Trinajstić information content (AvgIpc) is 3.46. The fourth-order valence-electron chi connectivity index (χ4n) is 6.37. The minimum atomic E-state index is 0.650. The number of nitrogens with zero attached hydrogens (tertiary/aromatic N) is 4. The molecule has 4 nitrogen and oxygen atoms in total. The molecule has 0 atom stereocenters. The minimum absolute atomic E-state index is 0.650. The summed E-state index contributed by atoms with van der Waals surface area (Å²) in [6.45, 7) is 0. The van der Waals surface area contributed by atoms with Crippen LogP contribution in [0.4, 0.5) is 0 Å². The molecule has 2 aromatic heterocycles. The Labute approximate surface area is 266 Å². The third kappa shape index (κ3) is 4.47. The van der Waals surface area contributed by atoms with Crippen molar-refractivity contribution in [3.8, 4) is 78.7 Å². The smallest absolute Gasteiger partial charge is 0.168 e. The molecular weight excluding hydrogens is 560 g/mol. The van der Waals surface area contributed by atoms with E-state index in [2.05, 4.69) is 115 Å². The van der Waals surface area contributed by atoms with Crippen molar-refractivity contribution in [1.82, 2.24) is 19.9 Å². The van der Waals surface area contributed by atoms with E-state index in [4.69, 9.17) is 19.9 Å². The predicted octanol–water partition coefficient (Wildman–Crippen LogP) is 10.4. The normalized spacial score (nSPS) is 11.5. The SMILES string of the molecule is c1ccc(-c2cc(-c3ccccc3)cc(-c3ccc(-c4nc5c6c(nc(-c7ccccc7)nc6n4)-c4ccccc4-5)cc3)c2)cc1. The Morgan fingerprint density at radius 1 is 0.283 bits per heavy atom. The van der Waals surface area contributed by atoms with Gasteiger partial charge >= 0.3 is 0 Å². The Kier molecular flexibility index (Phi) is 6.10. The van der Waals surface area contributed by atoms with Gasteiger partial charge in [-0.05, 0) is 51.6 Å². The van der Waals surface area contributed by atoms with Crippen molar-refractivity contribution >= 4 is 11.0 Å². The fraction of sp³-hybridized carbons (Fsp3) is 0. The summed E-state index contributed by atoms with van der Waals surface area (Å²) in [6.07, 6.45) is 0. The minimum Gasteiger partial charge on any atom is -0.227 e. The van der Waals surface area contributed by atoms with E-state index in [0.29, 0.717) is 17.3 Å². The first kappa shape index (κ1) is 26.2. The molecule has 1 aliphatic carbocycles. The van der Waals surface area contributed by atoms with Crippen LogP contribution in [0, 0.1) is 0 Å². The van der Waals surface area contributed by atoms with E-state index >= 15 is 0 Å². The van der Waals surface area contributed by atoms with E-state index in [1.165, 1.54) is 22.3 Å². The quantitative estimate of drug-likeness (QED) is 0.201. The van der Waals surface area contributed by atoms with Gasteiger partial charge in [0.15, 0.2) is 17.3 Å². The van der Waals surface area contributed by atoms with E-state index in [-0.39, 0.29) is 0 Å². The van der Waals surface area contributed by atoms with Gasteiger partial charge in [-0.2, -0.15) is 0 Å². The highest BCUT2D eigenvalue weighted by atomic mass is 15.0. The maximum absolute atomic E-state index is 5.10. The highest BCUT2D eigenvalue weighted by Gasteiger charge is 2.27. The van der Waals surface area contributed by atoms with Crippen LogP contribution in [0.1, 0.15) is 0 Å². The molecule has 2 heterocycles. The second-order valence-electron chi connectivity index (χ2n) is 11.5. The molecule has 6 aromatic carbocycles. The lowest BCUT2D eigenvalue weighted by Crippen LogP contribution is -1.98. The average molecular weight is 587 g/mol. The maximum Gasteiger partial charge on any atom is 0.168 e. The topological polar surface area (TPSA) is 51.6 Å². The molecule has 0 spiro atoms. The van der Waals surface area contributed by atoms with Gasteiger partial charge in [0.05, 0.1) is 16.8 Å². The summed E-state index contributed by atoms with van der Waals surface area (Å²) < 4.78 is 0. The number of fused-ring (bicyclic) bond motifs is 3. The molecule has 46 heavy (non-hydrogen) atoms. The highest BCUT2D eigenvalue weighted by Crippen LogP contribution is 2.45. The lowest BCUT2D eigenvalue weighted by molar-refractivity contribution is 1.16. The third-order valence-corrected chi connectivity index (χ3v) is 8.65. The molecule has 0 saturated heterocycles. The first-order valence-electron chi connectivity index (χ1n) is 15.4. The predicted molar refractivity (Wildman–Crippen MR) is 187 cm³/mol. The van der Waals surface area contributed by atoms with Crippen molar-refractivity contribution in [2.75, 3.05) is 0 Å². The number of aromatic nitrogens is 4. The molecule has 1 aliphatic rings. The van der Waals surface area contributed by atoms with Gasteiger partial charge in [0.2, 0.25) is 0 Å². The van der Waals surface area contributed by atoms with Gasteiger partial charge in [-0.25, -0.2) is 19.9 Å². The second kappa shape index (κ2) is 10.7. The Balaban J connectivity index is 1.16. The molecule has 0 saturated carbocycles. The number of hydrogen-bond donors (Lipinski definition) is 0. The molecule has 0 bridgehead atoms. The van der Waals surface area contributed by atoms with E-state index in [1.807, 2.05) is 42.5 Å². The molecular formula is C42H26N4. The van der Waals surface area contributed by atoms with Crippen molar-refractivity contribution in [3.05, 3.63) is 158 Å². The molecule has 0 amide bonds. The lowest BCUT2D eigenvalue weighted by atomic mass is 9.93. The number of benzene rings is 6. The molecule has 9 rings (SSSR count). The van der Waals surface area contributed by atoms with Gasteiger partial charge in [-0.15, -0.1) is 0 Å². The van der Waals surface area contributed by atoms with E-state index in [1.54, 1.807) is 0 Å². The Morgan fingerprint density at radius 3 is 1.09 bits per heavy atom. The third-order valence-electron chi connectivity index (χ3n) is 8.65. The maximum atomic E-state index is 5.10. The Hall–Kier alpha value is -6.26. The van der Waals surface area contributed by atoms with Crippen molar-refractivity contribution in [3.63, 3.8) is 0 Å². The standard InChI is InChI=1S/C42H26N4/c1-4-12-27(13-5-1)32-24-33(28-14-6-2-7-15-28)26-34(25-32)29-20-22-31(23-21-29)41-44-39-36-19-11-10-18-35(36)38-37(39)42(46-41)45-40(43-38)30-16-8-3-9-17-30/h1-26H. The molecule has 0 aliphatic heterocycles. The van der Waals surface area contributed by atoms with Crippen molar-refractivity contribution in [2.24, 2.45) is 0 Å². The number of rotatable bonds is 5. The van der Waals surface area contributed by atoms with Crippen LogP contribution in [-0.2, 0) is 0 Å². The molecule has 0 fully saturated rings. The van der Waals surface area contributed by atoms with Crippen molar-refractivity contribution in [2.45, 2.75) is 0 Å². The summed E-state index contributed by atoms with van der Waals surface area (Å²) >= 11 is 0. The van der Waals surface area contributed by atoms with E-state index in [9.17, 15) is 0 Å². The zero-order valence-corrected chi connectivity index (χ0v) is 24.8. The zero-order chi connectivity index (χ0) is 30.5. The molecule has 0 N–H and O–H groups in total. The van der Waals surface area contributed by atoms with Crippen LogP contribution in [0.2, 0.25) is 0 Å². The van der Waals surface area contributed by atoms with Gasteiger partial charge in [-0.1, -0.05) is 140 Å². The Bertz CT molecular complexity index is 2330. The van der Waals surface area contributed by atoms with Crippen LogP contribution in [0.5, 0.6) is 0 Å². The van der Waals surface area contributed by atoms with Crippen LogP contribution < -0.4 is 0 Å². The monoisotopic (exact) mass is 586 g/mol. The number of hydrogen-bond acceptors (Lipinski definition) is 4. The summed E-state index contributed by atoms with van der Waals surface area (Å²) in [5.74, 6) is 1.32. The Morgan fingerprint density at radius 2 is 0.630 bits per heavy atom. The summed E-state index contributed by atoms with van der Waals surface area (Å²) in [5.41, 5.74) is 13.5. The van der Waals surface area contributed by atoms with Crippen molar-refractivity contribution < 1.29 is 0 Å². The van der Waals surface area contributed by atoms with Gasteiger partial charge < -0.3 is 0 Å². The van der Waals surface area contributed by atoms with Crippen LogP contribution in [0.15, 0.2) is 158 Å². The highest BCUT2D eigenvalue weighted by molar-refractivity contribution is 6.11. The summed E-state index contributed by atoms with van der Waals surface area (Å²) in [7, 11) is 0. The van der Waals surface area contributed by atoms with Gasteiger partial charge in [0.1, 0.15) is 0 Å². The molecule has 214 valence electrons. The van der Waals surface area contributed by atoms with Gasteiger partial charge in [-0.3, -0.25) is 0 Å².